The topological polar surface area (TPSA) is 85.2 Å². The van der Waals surface area contributed by atoms with Crippen molar-refractivity contribution >= 4 is 34.9 Å². The number of ether oxygens (including phenoxy) is 1. The summed E-state index contributed by atoms with van der Waals surface area (Å²) in [6, 6.07) is 5.96. The quantitative estimate of drug-likeness (QED) is 0.902. The number of nitrogens with zero attached hydrogens (tertiary/aromatic N) is 2. The average molecular weight is 335 g/mol. The Hall–Kier alpha value is -2.54. The molecule has 0 bridgehead atoms. The molecule has 1 aromatic carbocycles. The summed E-state index contributed by atoms with van der Waals surface area (Å²) in [6.07, 6.45) is 0.0316. The molecule has 120 valence electrons. The number of halogens is 1. The van der Waals surface area contributed by atoms with Crippen molar-refractivity contribution in [3.8, 4) is 5.75 Å². The Balaban J connectivity index is 1.83. The van der Waals surface area contributed by atoms with Gasteiger partial charge in [-0.05, 0) is 25.1 Å². The minimum Gasteiger partial charge on any atom is -0.495 e. The van der Waals surface area contributed by atoms with Gasteiger partial charge in [-0.3, -0.25) is 9.59 Å². The van der Waals surface area contributed by atoms with Crippen molar-refractivity contribution in [3.05, 3.63) is 35.0 Å². The van der Waals surface area contributed by atoms with E-state index in [1.54, 1.807) is 31.2 Å². The number of carbonyl (C=O) groups is 2. The number of nitrogens with one attached hydrogen (secondary N) is 2. The molecule has 0 saturated carbocycles. The molecule has 2 N–H and O–H groups in total. The molecule has 8 heteroatoms. The minimum atomic E-state index is -0.701. The second kappa shape index (κ2) is 5.92. The van der Waals surface area contributed by atoms with Crippen LogP contribution in [0.4, 0.5) is 11.5 Å². The average Bonchev–Trinajstić information content (AvgIpc) is 2.86. The van der Waals surface area contributed by atoms with E-state index in [2.05, 4.69) is 15.7 Å². The van der Waals surface area contributed by atoms with Gasteiger partial charge in [-0.2, -0.15) is 5.10 Å². The maximum atomic E-state index is 12.5. The van der Waals surface area contributed by atoms with Gasteiger partial charge in [0.1, 0.15) is 17.6 Å². The van der Waals surface area contributed by atoms with Crippen molar-refractivity contribution < 1.29 is 14.3 Å². The molecule has 0 spiro atoms. The molecule has 0 saturated heterocycles. The monoisotopic (exact) mass is 334 g/mol. The zero-order chi connectivity index (χ0) is 16.6. The molecule has 2 amide bonds. The predicted octanol–water partition coefficient (Wildman–Crippen LogP) is 2.38. The Morgan fingerprint density at radius 3 is 2.96 bits per heavy atom. The van der Waals surface area contributed by atoms with E-state index in [-0.39, 0.29) is 18.2 Å². The van der Waals surface area contributed by atoms with Crippen LogP contribution in [-0.4, -0.2) is 28.7 Å². The standard InChI is InChI=1S/C15H15ClN4O3/c1-8-5-13-18-14(21)7-11(20(13)19-8)15(22)17-9-3-4-12(23-2)10(16)6-9/h3-6,11H,7H2,1-2H3,(H,17,22)(H,18,21). The zero-order valence-corrected chi connectivity index (χ0v) is 13.3. The number of aryl methyl sites for hydroxylation is 1. The number of hydrogen-bond donors (Lipinski definition) is 2. The highest BCUT2D eigenvalue weighted by atomic mass is 35.5. The van der Waals surface area contributed by atoms with Gasteiger partial charge in [0.2, 0.25) is 11.8 Å². The minimum absolute atomic E-state index is 0.0316. The van der Waals surface area contributed by atoms with Crippen molar-refractivity contribution in [2.45, 2.75) is 19.4 Å². The number of amides is 2. The van der Waals surface area contributed by atoms with Gasteiger partial charge < -0.3 is 15.4 Å². The first-order valence-corrected chi connectivity index (χ1v) is 7.36. The first-order chi connectivity index (χ1) is 11.0. The molecule has 7 nitrogen and oxygen atoms in total. The Labute approximate surface area is 137 Å². The van der Waals surface area contributed by atoms with Crippen LogP contribution < -0.4 is 15.4 Å². The Morgan fingerprint density at radius 2 is 2.26 bits per heavy atom. The predicted molar refractivity (Wildman–Crippen MR) is 85.9 cm³/mol. The second-order valence-corrected chi connectivity index (χ2v) is 5.63. The summed E-state index contributed by atoms with van der Waals surface area (Å²) in [6.45, 7) is 1.80. The molecule has 1 atom stereocenters. The number of hydrogen-bond acceptors (Lipinski definition) is 4. The molecule has 1 aromatic heterocycles. The van der Waals surface area contributed by atoms with Crippen molar-refractivity contribution in [1.82, 2.24) is 9.78 Å². The molecule has 0 aliphatic carbocycles. The molecule has 23 heavy (non-hydrogen) atoms. The van der Waals surface area contributed by atoms with Crippen LogP contribution in [0.15, 0.2) is 24.3 Å². The summed E-state index contributed by atoms with van der Waals surface area (Å²) in [5.41, 5.74) is 1.25. The fourth-order valence-electron chi connectivity index (χ4n) is 2.48. The number of methoxy groups -OCH3 is 1. The van der Waals surface area contributed by atoms with Gasteiger partial charge in [0.25, 0.3) is 0 Å². The molecule has 1 aliphatic rings. The van der Waals surface area contributed by atoms with Gasteiger partial charge in [0.05, 0.1) is 24.2 Å². The molecule has 0 radical (unpaired) electrons. The van der Waals surface area contributed by atoms with Crippen LogP contribution in [0, 0.1) is 6.92 Å². The second-order valence-electron chi connectivity index (χ2n) is 5.22. The molecule has 2 heterocycles. The van der Waals surface area contributed by atoms with Crippen LogP contribution in [0.1, 0.15) is 18.2 Å². The van der Waals surface area contributed by atoms with E-state index >= 15 is 0 Å². The van der Waals surface area contributed by atoms with E-state index in [4.69, 9.17) is 16.3 Å². The Bertz CT molecular complexity index is 787. The number of anilines is 2. The maximum Gasteiger partial charge on any atom is 0.249 e. The molecule has 1 unspecified atom stereocenters. The van der Waals surface area contributed by atoms with Crippen LogP contribution in [0.25, 0.3) is 0 Å². The SMILES string of the molecule is COc1ccc(NC(=O)C2CC(=O)Nc3cc(C)nn32)cc1Cl. The Kier molecular flexibility index (Phi) is 3.96. The van der Waals surface area contributed by atoms with E-state index in [0.29, 0.717) is 22.3 Å². The molecular formula is C15H15ClN4O3. The molecule has 3 rings (SSSR count). The van der Waals surface area contributed by atoms with Crippen molar-refractivity contribution in [1.29, 1.82) is 0 Å². The molecule has 1 aliphatic heterocycles. The summed E-state index contributed by atoms with van der Waals surface area (Å²) in [7, 11) is 1.52. The lowest BCUT2D eigenvalue weighted by Gasteiger charge is -2.23. The number of fused-ring (bicyclic) bond motifs is 1. The lowest BCUT2D eigenvalue weighted by molar-refractivity contribution is -0.125. The van der Waals surface area contributed by atoms with Gasteiger partial charge in [-0.1, -0.05) is 11.6 Å². The van der Waals surface area contributed by atoms with Crippen molar-refractivity contribution in [3.63, 3.8) is 0 Å². The van der Waals surface area contributed by atoms with E-state index in [1.807, 2.05) is 0 Å². The van der Waals surface area contributed by atoms with E-state index in [0.717, 1.165) is 5.69 Å². The van der Waals surface area contributed by atoms with Gasteiger partial charge in [-0.25, -0.2) is 4.68 Å². The highest BCUT2D eigenvalue weighted by Gasteiger charge is 2.31. The fourth-order valence-corrected chi connectivity index (χ4v) is 2.73. The number of carbonyl (C=O) groups excluding carboxylic acids is 2. The van der Waals surface area contributed by atoms with Gasteiger partial charge >= 0.3 is 0 Å². The fraction of sp³-hybridized carbons (Fsp3) is 0.267. The van der Waals surface area contributed by atoms with Crippen LogP contribution in [0.3, 0.4) is 0 Å². The van der Waals surface area contributed by atoms with Crippen LogP contribution in [0.2, 0.25) is 5.02 Å². The third-order valence-electron chi connectivity index (χ3n) is 3.52. The van der Waals surface area contributed by atoms with Gasteiger partial charge in [-0.15, -0.1) is 0 Å². The van der Waals surface area contributed by atoms with Crippen molar-refractivity contribution in [2.75, 3.05) is 17.7 Å². The normalized spacial score (nSPS) is 16.5. The largest absolute Gasteiger partial charge is 0.495 e. The third-order valence-corrected chi connectivity index (χ3v) is 3.82. The lowest BCUT2D eigenvalue weighted by atomic mass is 10.1. The molecular weight excluding hydrogens is 320 g/mol. The number of benzene rings is 1. The van der Waals surface area contributed by atoms with Gasteiger partial charge in [0, 0.05) is 11.8 Å². The number of aromatic nitrogens is 2. The summed E-state index contributed by atoms with van der Waals surface area (Å²) in [5.74, 6) is 0.495. The highest BCUT2D eigenvalue weighted by Crippen LogP contribution is 2.29. The molecule has 0 fully saturated rings. The van der Waals surface area contributed by atoms with Crippen molar-refractivity contribution in [2.24, 2.45) is 0 Å². The summed E-state index contributed by atoms with van der Waals surface area (Å²) >= 11 is 6.05. The smallest absolute Gasteiger partial charge is 0.249 e. The first-order valence-electron chi connectivity index (χ1n) is 6.98. The van der Waals surface area contributed by atoms with E-state index in [9.17, 15) is 9.59 Å². The lowest BCUT2D eigenvalue weighted by Crippen LogP contribution is -2.35. The van der Waals surface area contributed by atoms with Gasteiger partial charge in [0.15, 0.2) is 0 Å². The highest BCUT2D eigenvalue weighted by molar-refractivity contribution is 6.32. The van der Waals surface area contributed by atoms with E-state index in [1.165, 1.54) is 11.8 Å². The summed E-state index contributed by atoms with van der Waals surface area (Å²) in [4.78, 5) is 24.3. The van der Waals surface area contributed by atoms with Crippen LogP contribution >= 0.6 is 11.6 Å². The molecule has 2 aromatic rings. The zero-order valence-electron chi connectivity index (χ0n) is 12.6. The summed E-state index contributed by atoms with van der Waals surface area (Å²) < 4.78 is 6.60. The summed E-state index contributed by atoms with van der Waals surface area (Å²) in [5, 5.41) is 10.1. The number of rotatable bonds is 3. The third kappa shape index (κ3) is 3.00. The maximum absolute atomic E-state index is 12.5. The van der Waals surface area contributed by atoms with E-state index < -0.39 is 6.04 Å². The van der Waals surface area contributed by atoms with Crippen LogP contribution in [0.5, 0.6) is 5.75 Å². The first kappa shape index (κ1) is 15.4. The van der Waals surface area contributed by atoms with Crippen LogP contribution in [-0.2, 0) is 9.59 Å². The Morgan fingerprint density at radius 1 is 1.48 bits per heavy atom.